The second-order valence-electron chi connectivity index (χ2n) is 6.13. The lowest BCUT2D eigenvalue weighted by Crippen LogP contribution is -2.37. The van der Waals surface area contributed by atoms with E-state index in [-0.39, 0.29) is 11.1 Å². The Hall–Kier alpha value is -3.00. The Bertz CT molecular complexity index is 911. The molecule has 2 aromatic rings. The first-order chi connectivity index (χ1) is 12.4. The van der Waals surface area contributed by atoms with Crippen LogP contribution in [-0.4, -0.2) is 47.0 Å². The van der Waals surface area contributed by atoms with Gasteiger partial charge < -0.3 is 11.1 Å². The van der Waals surface area contributed by atoms with Gasteiger partial charge in [-0.15, -0.1) is 0 Å². The Morgan fingerprint density at radius 2 is 2.04 bits per heavy atom. The van der Waals surface area contributed by atoms with E-state index >= 15 is 0 Å². The van der Waals surface area contributed by atoms with Gasteiger partial charge in [-0.05, 0) is 31.3 Å². The van der Waals surface area contributed by atoms with Crippen molar-refractivity contribution < 1.29 is 14.0 Å². The summed E-state index contributed by atoms with van der Waals surface area (Å²) in [6, 6.07) is 7.57. The number of pyridine rings is 1. The third-order valence-electron chi connectivity index (χ3n) is 4.28. The normalized spacial score (nSPS) is 20.1. The van der Waals surface area contributed by atoms with Crippen LogP contribution in [0.15, 0.2) is 47.4 Å². The minimum Gasteiger partial charge on any atom is -0.368 e. The van der Waals surface area contributed by atoms with E-state index in [9.17, 15) is 18.8 Å². The summed E-state index contributed by atoms with van der Waals surface area (Å²) in [7, 11) is 1.71. The van der Waals surface area contributed by atoms with E-state index in [0.717, 1.165) is 6.07 Å². The molecule has 7 nitrogen and oxygen atoms in total. The molecule has 1 aliphatic rings. The lowest BCUT2D eigenvalue weighted by molar-refractivity contribution is -0.121. The number of hydrogen-bond acceptors (Lipinski definition) is 4. The van der Waals surface area contributed by atoms with Crippen LogP contribution in [0.1, 0.15) is 10.4 Å². The summed E-state index contributed by atoms with van der Waals surface area (Å²) in [4.78, 5) is 37.2. The molecule has 8 heteroatoms. The number of nitrogens with zero attached hydrogens (tertiary/aromatic N) is 2. The molecule has 2 amide bonds. The van der Waals surface area contributed by atoms with Crippen LogP contribution in [0.4, 0.5) is 4.39 Å². The van der Waals surface area contributed by atoms with Crippen molar-refractivity contribution >= 4 is 11.8 Å². The number of nitrogens with one attached hydrogen (secondary N) is 1. The molecule has 1 aromatic carbocycles. The number of benzene rings is 1. The number of amides is 2. The highest BCUT2D eigenvalue weighted by Gasteiger charge is 2.34. The second-order valence-corrected chi connectivity index (χ2v) is 6.13. The van der Waals surface area contributed by atoms with Gasteiger partial charge >= 0.3 is 0 Å². The van der Waals surface area contributed by atoms with Gasteiger partial charge in [-0.2, -0.15) is 0 Å². The molecular weight excluding hydrogens is 339 g/mol. The Balaban J connectivity index is 1.76. The Kier molecular flexibility index (Phi) is 4.85. The van der Waals surface area contributed by atoms with E-state index < -0.39 is 29.7 Å². The molecule has 1 aliphatic heterocycles. The first kappa shape index (κ1) is 17.8. The van der Waals surface area contributed by atoms with Crippen molar-refractivity contribution in [2.75, 3.05) is 13.6 Å². The summed E-state index contributed by atoms with van der Waals surface area (Å²) in [6.07, 6.45) is 3.14. The van der Waals surface area contributed by atoms with E-state index in [2.05, 4.69) is 5.32 Å². The maximum Gasteiger partial charge on any atom is 0.255 e. The molecule has 0 spiro atoms. The maximum absolute atomic E-state index is 14.4. The van der Waals surface area contributed by atoms with Crippen LogP contribution in [0.2, 0.25) is 0 Å². The van der Waals surface area contributed by atoms with Gasteiger partial charge in [0.15, 0.2) is 0 Å². The number of hydrogen-bond donors (Lipinski definition) is 2. The Morgan fingerprint density at radius 3 is 2.65 bits per heavy atom. The predicted octanol–water partition coefficient (Wildman–Crippen LogP) is 0.0786. The largest absolute Gasteiger partial charge is 0.368 e. The second kappa shape index (κ2) is 7.09. The lowest BCUT2D eigenvalue weighted by Gasteiger charge is -2.14. The highest BCUT2D eigenvalue weighted by Crippen LogP contribution is 2.17. The van der Waals surface area contributed by atoms with Crippen LogP contribution in [0.5, 0.6) is 0 Å². The molecule has 0 saturated carbocycles. The van der Waals surface area contributed by atoms with Crippen LogP contribution >= 0.6 is 0 Å². The molecule has 135 valence electrons. The Morgan fingerprint density at radius 1 is 1.27 bits per heavy atom. The molecule has 3 N–H and O–H groups in total. The standard InChI is InChI=1S/C18H18FN4O3/c1-22-10-11(8-15(22)17(20)25)21-18(26)13-6-5-12(9-14(13)19)23-7-3-2-4-16(23)24/h2-9,11,15H,10H2,1H3,(H2,20,25)(H,21,26). The molecule has 0 aliphatic carbocycles. The smallest absolute Gasteiger partial charge is 0.255 e. The van der Waals surface area contributed by atoms with E-state index in [1.807, 2.05) is 0 Å². The fraction of sp³-hybridized carbons (Fsp3) is 0.222. The first-order valence-electron chi connectivity index (χ1n) is 8.00. The molecule has 0 bridgehead atoms. The van der Waals surface area contributed by atoms with Gasteiger partial charge in [-0.1, -0.05) is 6.07 Å². The molecular formula is C18H18FN4O3. The van der Waals surface area contributed by atoms with E-state index in [1.54, 1.807) is 30.5 Å². The highest BCUT2D eigenvalue weighted by molar-refractivity contribution is 5.95. The topological polar surface area (TPSA) is 97.4 Å². The van der Waals surface area contributed by atoms with Crippen LogP contribution in [0, 0.1) is 12.2 Å². The van der Waals surface area contributed by atoms with E-state index in [0.29, 0.717) is 12.2 Å². The van der Waals surface area contributed by atoms with Crippen LogP contribution in [0.25, 0.3) is 5.69 Å². The molecule has 26 heavy (non-hydrogen) atoms. The summed E-state index contributed by atoms with van der Waals surface area (Å²) < 4.78 is 15.7. The van der Waals surface area contributed by atoms with Crippen molar-refractivity contribution in [3.63, 3.8) is 0 Å². The van der Waals surface area contributed by atoms with Gasteiger partial charge in [0, 0.05) is 31.3 Å². The van der Waals surface area contributed by atoms with Crippen molar-refractivity contribution in [3.05, 3.63) is 70.8 Å². The number of primary amides is 1. The minimum absolute atomic E-state index is 0.142. The van der Waals surface area contributed by atoms with Crippen LogP contribution in [0.3, 0.4) is 0 Å². The zero-order valence-corrected chi connectivity index (χ0v) is 14.1. The Labute approximate surface area is 149 Å². The molecule has 2 unspecified atom stereocenters. The number of likely N-dealkylation sites (tertiary alicyclic amines) is 1. The SMILES string of the molecule is CN1CC(NC(=O)c2ccc(-n3ccccc3=O)cc2F)[CH]C1C(N)=O. The van der Waals surface area contributed by atoms with Crippen molar-refractivity contribution in [2.45, 2.75) is 12.1 Å². The van der Waals surface area contributed by atoms with Crippen LogP contribution < -0.4 is 16.6 Å². The van der Waals surface area contributed by atoms with E-state index in [4.69, 9.17) is 5.73 Å². The maximum atomic E-state index is 14.4. The van der Waals surface area contributed by atoms with Gasteiger partial charge in [0.2, 0.25) is 5.91 Å². The molecule has 1 radical (unpaired) electrons. The average molecular weight is 357 g/mol. The van der Waals surface area contributed by atoms with E-state index in [1.165, 1.54) is 29.0 Å². The lowest BCUT2D eigenvalue weighted by atomic mass is 10.1. The summed E-state index contributed by atoms with van der Waals surface area (Å²) >= 11 is 0. The van der Waals surface area contributed by atoms with Crippen molar-refractivity contribution in [2.24, 2.45) is 5.73 Å². The average Bonchev–Trinajstić information content (AvgIpc) is 2.95. The molecule has 1 fully saturated rings. The van der Waals surface area contributed by atoms with Gasteiger partial charge in [-0.25, -0.2) is 4.39 Å². The third kappa shape index (κ3) is 3.50. The zero-order valence-electron chi connectivity index (χ0n) is 14.1. The number of nitrogens with two attached hydrogens (primary N) is 1. The third-order valence-corrected chi connectivity index (χ3v) is 4.28. The van der Waals surface area contributed by atoms with Crippen molar-refractivity contribution in [1.29, 1.82) is 0 Å². The van der Waals surface area contributed by atoms with Gasteiger partial charge in [0.1, 0.15) is 5.82 Å². The van der Waals surface area contributed by atoms with Crippen molar-refractivity contribution in [1.82, 2.24) is 14.8 Å². The van der Waals surface area contributed by atoms with Gasteiger partial charge in [0.25, 0.3) is 11.5 Å². The number of likely N-dealkylation sites (N-methyl/N-ethyl adjacent to an activating group) is 1. The molecule has 1 aromatic heterocycles. The number of carbonyl (C=O) groups excluding carboxylic acids is 2. The molecule has 2 atom stereocenters. The highest BCUT2D eigenvalue weighted by atomic mass is 19.1. The van der Waals surface area contributed by atoms with Gasteiger partial charge in [0.05, 0.1) is 17.3 Å². The minimum atomic E-state index is -0.742. The summed E-state index contributed by atoms with van der Waals surface area (Å²) in [5.41, 5.74) is 5.17. The van der Waals surface area contributed by atoms with Gasteiger partial charge in [-0.3, -0.25) is 23.9 Å². The molecule has 1 saturated heterocycles. The quantitative estimate of drug-likeness (QED) is 0.810. The molecule has 3 rings (SSSR count). The summed E-state index contributed by atoms with van der Waals surface area (Å²) in [5.74, 6) is -1.85. The summed E-state index contributed by atoms with van der Waals surface area (Å²) in [6.45, 7) is 0.401. The number of halogens is 1. The molecule has 2 heterocycles. The van der Waals surface area contributed by atoms with Crippen molar-refractivity contribution in [3.8, 4) is 5.69 Å². The zero-order chi connectivity index (χ0) is 18.8. The predicted molar refractivity (Wildman–Crippen MR) is 93.2 cm³/mol. The van der Waals surface area contributed by atoms with Crippen LogP contribution in [-0.2, 0) is 4.79 Å². The fourth-order valence-corrected chi connectivity index (χ4v) is 2.98. The summed E-state index contributed by atoms with van der Waals surface area (Å²) in [5, 5.41) is 2.67. The first-order valence-corrected chi connectivity index (χ1v) is 8.00. The number of aromatic nitrogens is 1. The fourth-order valence-electron chi connectivity index (χ4n) is 2.98. The number of rotatable bonds is 4. The monoisotopic (exact) mass is 357 g/mol. The number of carbonyl (C=O) groups is 2.